The van der Waals surface area contributed by atoms with E-state index in [0.717, 1.165) is 64.0 Å². The van der Waals surface area contributed by atoms with Gasteiger partial charge in [-0.3, -0.25) is 9.59 Å². The number of aromatic amines is 2. The maximum Gasteiger partial charge on any atom is 0.407 e. The van der Waals surface area contributed by atoms with E-state index in [1.54, 1.807) is 9.80 Å². The standard InChI is InChI=1S/C41H46N8O7/c1-20(2)31(46-40(52)53)38(50)48-16-6-8-28(48)36-42-26-14-11-22-18-23(10-13-25(22)33(26)44-36)30-19-24-12-15-27-34(35(24)56-30)45-37(43-27)29-9-7-17-49(29)39(51)32(21(3)4)47-41(54)55-5/h10-15,18-21,28-29,31-32,46H,6-9,16-17H2,1-5H3,(H,42,44)(H,43,45)(H,47,54)(H,52,53)/t28-,29-,31-,32-/m0/s1. The summed E-state index contributed by atoms with van der Waals surface area (Å²) in [6, 6.07) is 14.0. The summed E-state index contributed by atoms with van der Waals surface area (Å²) >= 11 is 0. The van der Waals surface area contributed by atoms with Crippen LogP contribution in [0, 0.1) is 11.8 Å². The summed E-state index contributed by atoms with van der Waals surface area (Å²) in [5.74, 6) is 1.29. The normalized spacial score (nSPS) is 18.5. The van der Waals surface area contributed by atoms with Crippen LogP contribution in [0.5, 0.6) is 0 Å². The molecule has 2 aliphatic rings. The van der Waals surface area contributed by atoms with E-state index in [4.69, 9.17) is 19.1 Å². The second kappa shape index (κ2) is 14.5. The average Bonchev–Trinajstić information content (AvgIpc) is 4.02. The van der Waals surface area contributed by atoms with Crippen molar-refractivity contribution in [1.82, 2.24) is 40.4 Å². The molecule has 0 radical (unpaired) electrons. The number of furan rings is 1. The number of hydrogen-bond donors (Lipinski definition) is 5. The van der Waals surface area contributed by atoms with Crippen molar-refractivity contribution in [2.24, 2.45) is 11.8 Å². The lowest BCUT2D eigenvalue weighted by Crippen LogP contribution is -2.51. The molecule has 56 heavy (non-hydrogen) atoms. The van der Waals surface area contributed by atoms with Gasteiger partial charge in [0, 0.05) is 29.4 Å². The third-order valence-electron chi connectivity index (χ3n) is 11.2. The van der Waals surface area contributed by atoms with E-state index in [1.807, 2.05) is 70.2 Å². The number of nitrogens with zero attached hydrogens (tertiary/aromatic N) is 4. The quantitative estimate of drug-likeness (QED) is 0.103. The number of likely N-dealkylation sites (tertiary alicyclic amines) is 2. The number of amides is 4. The molecule has 2 aliphatic heterocycles. The fourth-order valence-corrected chi connectivity index (χ4v) is 8.35. The maximum atomic E-state index is 13.7. The van der Waals surface area contributed by atoms with Crippen molar-refractivity contribution < 1.29 is 33.4 Å². The first-order valence-electron chi connectivity index (χ1n) is 19.2. The molecule has 5 heterocycles. The molecule has 6 aromatic rings. The van der Waals surface area contributed by atoms with Crippen LogP contribution < -0.4 is 10.6 Å². The minimum Gasteiger partial charge on any atom is -0.465 e. The molecule has 15 nitrogen and oxygen atoms in total. The predicted molar refractivity (Wildman–Crippen MR) is 210 cm³/mol. The SMILES string of the molecule is COC(=O)N[C@H](C(=O)N1CCC[C@H]1c1nc2c(ccc3cc(-c4ccc5c(ccc6[nH]c([C@@H]7CCCN7C(=O)[C@@H](NC(=O)O)C(C)C)nc65)c4)oc32)[nH]1)C(C)C. The number of H-pyrrole nitrogens is 2. The zero-order valence-electron chi connectivity index (χ0n) is 32.0. The Labute approximate surface area is 322 Å². The van der Waals surface area contributed by atoms with Gasteiger partial charge in [0.2, 0.25) is 11.8 Å². The molecule has 4 amide bonds. The predicted octanol–water partition coefficient (Wildman–Crippen LogP) is 7.01. The summed E-state index contributed by atoms with van der Waals surface area (Å²) in [7, 11) is 1.28. The van der Waals surface area contributed by atoms with Crippen molar-refractivity contribution in [3.05, 3.63) is 60.2 Å². The van der Waals surface area contributed by atoms with E-state index in [0.29, 0.717) is 41.6 Å². The Morgan fingerprint density at radius 3 is 1.95 bits per heavy atom. The fraction of sp³-hybridized carbons (Fsp3) is 0.415. The molecule has 292 valence electrons. The minimum absolute atomic E-state index is 0.133. The van der Waals surface area contributed by atoms with Gasteiger partial charge in [-0.1, -0.05) is 45.9 Å². The van der Waals surface area contributed by atoms with Crippen LogP contribution in [0.4, 0.5) is 9.59 Å². The Balaban J connectivity index is 1.07. The summed E-state index contributed by atoms with van der Waals surface area (Å²) in [6.45, 7) is 8.54. The molecule has 2 saturated heterocycles. The molecule has 0 bridgehead atoms. The largest absolute Gasteiger partial charge is 0.465 e. The van der Waals surface area contributed by atoms with E-state index in [2.05, 4.69) is 26.7 Å². The summed E-state index contributed by atoms with van der Waals surface area (Å²) in [4.78, 5) is 71.1. The molecular formula is C41H46N8O7. The van der Waals surface area contributed by atoms with Gasteiger partial charge in [0.15, 0.2) is 5.58 Å². The molecule has 15 heteroatoms. The van der Waals surface area contributed by atoms with Gasteiger partial charge in [-0.25, -0.2) is 19.6 Å². The summed E-state index contributed by atoms with van der Waals surface area (Å²) < 4.78 is 11.3. The second-order valence-electron chi connectivity index (χ2n) is 15.5. The highest BCUT2D eigenvalue weighted by Gasteiger charge is 2.39. The first-order valence-corrected chi connectivity index (χ1v) is 19.2. The number of aromatic nitrogens is 4. The van der Waals surface area contributed by atoms with Gasteiger partial charge in [0.1, 0.15) is 35.0 Å². The number of fused-ring (bicyclic) bond motifs is 6. The number of imidazole rings is 2. The summed E-state index contributed by atoms with van der Waals surface area (Å²) in [6.07, 6.45) is 1.22. The van der Waals surface area contributed by atoms with Crippen molar-refractivity contribution in [2.45, 2.75) is 77.5 Å². The van der Waals surface area contributed by atoms with Crippen molar-refractivity contribution in [2.75, 3.05) is 20.2 Å². The molecule has 5 N–H and O–H groups in total. The number of methoxy groups -OCH3 is 1. The zero-order valence-corrected chi connectivity index (χ0v) is 32.0. The number of nitrogens with one attached hydrogen (secondary N) is 4. The fourth-order valence-electron chi connectivity index (χ4n) is 8.35. The van der Waals surface area contributed by atoms with Crippen LogP contribution in [0.25, 0.3) is 55.1 Å². The highest BCUT2D eigenvalue weighted by atomic mass is 16.5. The van der Waals surface area contributed by atoms with Crippen LogP contribution in [0.3, 0.4) is 0 Å². The Morgan fingerprint density at radius 2 is 1.36 bits per heavy atom. The number of rotatable bonds is 9. The number of benzene rings is 3. The van der Waals surface area contributed by atoms with Crippen LogP contribution in [0.1, 0.15) is 77.1 Å². The molecule has 0 aliphatic carbocycles. The lowest BCUT2D eigenvalue weighted by molar-refractivity contribution is -0.136. The van der Waals surface area contributed by atoms with Crippen molar-refractivity contribution >= 4 is 67.8 Å². The van der Waals surface area contributed by atoms with E-state index in [9.17, 15) is 24.3 Å². The molecule has 3 aromatic carbocycles. The highest BCUT2D eigenvalue weighted by molar-refractivity contribution is 6.06. The number of hydrogen-bond acceptors (Lipinski definition) is 8. The lowest BCUT2D eigenvalue weighted by atomic mass is 10.0. The third kappa shape index (κ3) is 6.54. The summed E-state index contributed by atoms with van der Waals surface area (Å²) in [5, 5.41) is 17.3. The van der Waals surface area contributed by atoms with Gasteiger partial charge < -0.3 is 44.7 Å². The molecule has 4 atom stereocenters. The molecule has 0 unspecified atom stereocenters. The van der Waals surface area contributed by atoms with E-state index < -0.39 is 24.3 Å². The van der Waals surface area contributed by atoms with Crippen LogP contribution in [-0.2, 0) is 14.3 Å². The van der Waals surface area contributed by atoms with Gasteiger partial charge in [-0.05, 0) is 73.2 Å². The van der Waals surface area contributed by atoms with Crippen molar-refractivity contribution in [1.29, 1.82) is 0 Å². The Bertz CT molecular complexity index is 2500. The topological polar surface area (TPSA) is 199 Å². The van der Waals surface area contributed by atoms with Crippen LogP contribution in [0.2, 0.25) is 0 Å². The Morgan fingerprint density at radius 1 is 0.786 bits per heavy atom. The van der Waals surface area contributed by atoms with E-state index >= 15 is 0 Å². The minimum atomic E-state index is -1.22. The van der Waals surface area contributed by atoms with Gasteiger partial charge >= 0.3 is 12.2 Å². The van der Waals surface area contributed by atoms with Crippen LogP contribution in [0.15, 0.2) is 52.9 Å². The van der Waals surface area contributed by atoms with Crippen LogP contribution in [-0.4, -0.2) is 91.1 Å². The maximum absolute atomic E-state index is 13.7. The highest BCUT2D eigenvalue weighted by Crippen LogP contribution is 2.38. The number of carboxylic acid groups (broad SMARTS) is 1. The molecule has 3 aromatic heterocycles. The number of carbonyl (C=O) groups is 4. The second-order valence-corrected chi connectivity index (χ2v) is 15.5. The van der Waals surface area contributed by atoms with E-state index in [1.165, 1.54) is 7.11 Å². The smallest absolute Gasteiger partial charge is 0.407 e. The number of carbonyl (C=O) groups excluding carboxylic acids is 3. The number of alkyl carbamates (subject to hydrolysis) is 1. The van der Waals surface area contributed by atoms with Gasteiger partial charge in [-0.2, -0.15) is 0 Å². The monoisotopic (exact) mass is 762 g/mol. The first kappa shape index (κ1) is 36.8. The Hall–Kier alpha value is -6.12. The molecule has 2 fully saturated rings. The third-order valence-corrected chi connectivity index (χ3v) is 11.2. The van der Waals surface area contributed by atoms with Crippen LogP contribution >= 0.6 is 0 Å². The van der Waals surface area contributed by atoms with Crippen molar-refractivity contribution in [3.63, 3.8) is 0 Å². The van der Waals surface area contributed by atoms with Gasteiger partial charge in [0.25, 0.3) is 0 Å². The zero-order chi connectivity index (χ0) is 39.4. The van der Waals surface area contributed by atoms with Gasteiger partial charge in [0.05, 0.1) is 35.7 Å². The van der Waals surface area contributed by atoms with E-state index in [-0.39, 0.29) is 35.7 Å². The van der Waals surface area contributed by atoms with Gasteiger partial charge in [-0.15, -0.1) is 0 Å². The molecule has 0 spiro atoms. The lowest BCUT2D eigenvalue weighted by Gasteiger charge is -2.29. The Kier molecular flexibility index (Phi) is 9.54. The molecule has 8 rings (SSSR count). The first-order chi connectivity index (χ1) is 26.9. The average molecular weight is 763 g/mol. The number of ether oxygens (including phenoxy) is 1. The summed E-state index contributed by atoms with van der Waals surface area (Å²) in [5.41, 5.74) is 4.66. The molecular weight excluding hydrogens is 716 g/mol. The van der Waals surface area contributed by atoms with Crippen molar-refractivity contribution in [3.8, 4) is 11.3 Å². The molecule has 0 saturated carbocycles.